The summed E-state index contributed by atoms with van der Waals surface area (Å²) in [7, 11) is 1.60. The summed E-state index contributed by atoms with van der Waals surface area (Å²) in [6.07, 6.45) is 3.80. The molecule has 25 heavy (non-hydrogen) atoms. The molecule has 1 heterocycles. The molecule has 1 N–H and O–H groups in total. The minimum absolute atomic E-state index is 0.0115. The van der Waals surface area contributed by atoms with Crippen molar-refractivity contribution >= 4 is 45.8 Å². The Morgan fingerprint density at radius 1 is 1.36 bits per heavy atom. The van der Waals surface area contributed by atoms with Crippen LogP contribution in [0, 0.1) is 0 Å². The van der Waals surface area contributed by atoms with Gasteiger partial charge < -0.3 is 10.1 Å². The number of hydrogen-bond donors (Lipinski definition) is 1. The molecule has 2 rings (SSSR count). The number of thioether (sulfide) groups is 1. The van der Waals surface area contributed by atoms with Crippen molar-refractivity contribution in [2.45, 2.75) is 44.3 Å². The van der Waals surface area contributed by atoms with E-state index in [9.17, 15) is 9.59 Å². The summed E-state index contributed by atoms with van der Waals surface area (Å²) in [6.45, 7) is 2.65. The summed E-state index contributed by atoms with van der Waals surface area (Å²) >= 11 is 6.76. The van der Waals surface area contributed by atoms with Crippen LogP contribution in [0.5, 0.6) is 5.75 Å². The fourth-order valence-corrected chi connectivity index (χ4v) is 4.09. The molecule has 1 aromatic rings. The average Bonchev–Trinajstić information content (AvgIpc) is 2.88. The van der Waals surface area contributed by atoms with E-state index in [0.29, 0.717) is 23.0 Å². The van der Waals surface area contributed by atoms with Gasteiger partial charge in [-0.25, -0.2) is 0 Å². The molecule has 2 amide bonds. The largest absolute Gasteiger partial charge is 0.497 e. The lowest BCUT2D eigenvalue weighted by molar-refractivity contribution is -0.126. The van der Waals surface area contributed by atoms with Crippen molar-refractivity contribution in [2.24, 2.45) is 0 Å². The third kappa shape index (κ3) is 5.71. The molecular formula is C18H24N2O3S2. The zero-order chi connectivity index (χ0) is 18.2. The number of thiocarbonyl (C=S) groups is 1. The lowest BCUT2D eigenvalue weighted by atomic mass is 10.1. The molecule has 136 valence electrons. The number of nitrogens with one attached hydrogen (secondary N) is 1. The summed E-state index contributed by atoms with van der Waals surface area (Å²) in [4.78, 5) is 25.8. The average molecular weight is 381 g/mol. The number of benzene rings is 1. The van der Waals surface area contributed by atoms with Crippen molar-refractivity contribution in [3.63, 3.8) is 0 Å². The third-order valence-electron chi connectivity index (χ3n) is 4.01. The number of nitrogens with zero attached hydrogens (tertiary/aromatic N) is 1. The van der Waals surface area contributed by atoms with Crippen molar-refractivity contribution in [3.8, 4) is 5.75 Å². The normalized spacial score (nSPS) is 17.0. The van der Waals surface area contributed by atoms with Gasteiger partial charge in [-0.1, -0.05) is 43.4 Å². The topological polar surface area (TPSA) is 58.6 Å². The maximum absolute atomic E-state index is 12.1. The van der Waals surface area contributed by atoms with Crippen molar-refractivity contribution < 1.29 is 14.3 Å². The fraction of sp³-hybridized carbons (Fsp3) is 0.500. The number of carbonyl (C=O) groups excluding carboxylic acids is 2. The van der Waals surface area contributed by atoms with Gasteiger partial charge in [-0.15, -0.1) is 0 Å². The zero-order valence-corrected chi connectivity index (χ0v) is 16.3. The Balaban J connectivity index is 1.65. The van der Waals surface area contributed by atoms with Crippen LogP contribution in [-0.2, 0) is 9.59 Å². The summed E-state index contributed by atoms with van der Waals surface area (Å²) in [5, 5.41) is 2.86. The molecular weight excluding hydrogens is 356 g/mol. The summed E-state index contributed by atoms with van der Waals surface area (Å²) in [6, 6.07) is 7.30. The van der Waals surface area contributed by atoms with Gasteiger partial charge in [0.05, 0.1) is 12.4 Å². The van der Waals surface area contributed by atoms with Crippen LogP contribution in [0.2, 0.25) is 0 Å². The van der Waals surface area contributed by atoms with Crippen LogP contribution in [0.25, 0.3) is 0 Å². The molecule has 5 nitrogen and oxygen atoms in total. The Hall–Kier alpha value is -1.60. The Morgan fingerprint density at radius 2 is 2.16 bits per heavy atom. The number of hydrogen-bond acceptors (Lipinski definition) is 5. The molecule has 0 aliphatic carbocycles. The maximum Gasteiger partial charge on any atom is 0.241 e. The van der Waals surface area contributed by atoms with E-state index in [-0.39, 0.29) is 17.1 Å². The number of anilines is 1. The first-order chi connectivity index (χ1) is 12.0. The van der Waals surface area contributed by atoms with Crippen molar-refractivity contribution in [1.29, 1.82) is 0 Å². The van der Waals surface area contributed by atoms with Crippen molar-refractivity contribution in [1.82, 2.24) is 4.90 Å². The standard InChI is InChI=1S/C18H24N2O3S2/c1-3-15-17(22)20(18(24)25-15)11-6-4-5-10-16(21)19-13-8-7-9-14(12-13)23-2/h7-9,12,15H,3-6,10-11H2,1-2H3,(H,19,21). The fourth-order valence-electron chi connectivity index (χ4n) is 2.62. The first kappa shape index (κ1) is 19.7. The van der Waals surface area contributed by atoms with Crippen LogP contribution in [0.4, 0.5) is 5.69 Å². The van der Waals surface area contributed by atoms with E-state index in [2.05, 4.69) is 5.32 Å². The van der Waals surface area contributed by atoms with Gasteiger partial charge in [-0.2, -0.15) is 0 Å². The first-order valence-corrected chi connectivity index (χ1v) is 9.79. The van der Waals surface area contributed by atoms with Gasteiger partial charge in [0.1, 0.15) is 10.1 Å². The van der Waals surface area contributed by atoms with Crippen molar-refractivity contribution in [3.05, 3.63) is 24.3 Å². The highest BCUT2D eigenvalue weighted by Crippen LogP contribution is 2.29. The molecule has 1 atom stereocenters. The van der Waals surface area contributed by atoms with Gasteiger partial charge in [-0.05, 0) is 31.4 Å². The van der Waals surface area contributed by atoms with Crippen LogP contribution in [0.1, 0.15) is 39.0 Å². The predicted octanol–water partition coefficient (Wildman–Crippen LogP) is 3.83. The second kappa shape index (κ2) is 9.77. The third-order valence-corrected chi connectivity index (χ3v) is 5.77. The molecule has 1 aliphatic rings. The Labute approximate surface area is 158 Å². The molecule has 1 aliphatic heterocycles. The SMILES string of the molecule is CCC1SC(=S)N(CCCCCC(=O)Nc2cccc(OC)c2)C1=O. The lowest BCUT2D eigenvalue weighted by Crippen LogP contribution is -2.32. The van der Waals surface area contributed by atoms with Gasteiger partial charge in [-0.3, -0.25) is 14.5 Å². The first-order valence-electron chi connectivity index (χ1n) is 8.51. The van der Waals surface area contributed by atoms with Crippen LogP contribution in [-0.4, -0.2) is 39.9 Å². The Morgan fingerprint density at radius 3 is 2.84 bits per heavy atom. The highest BCUT2D eigenvalue weighted by atomic mass is 32.2. The van der Waals surface area contributed by atoms with Gasteiger partial charge in [0.2, 0.25) is 11.8 Å². The number of rotatable bonds is 9. The molecule has 1 fully saturated rings. The highest BCUT2D eigenvalue weighted by Gasteiger charge is 2.34. The molecule has 0 radical (unpaired) electrons. The molecule has 0 bridgehead atoms. The minimum Gasteiger partial charge on any atom is -0.497 e. The van der Waals surface area contributed by atoms with E-state index in [4.69, 9.17) is 17.0 Å². The molecule has 0 spiro atoms. The summed E-state index contributed by atoms with van der Waals surface area (Å²) in [5.41, 5.74) is 0.736. The van der Waals surface area contributed by atoms with E-state index >= 15 is 0 Å². The van der Waals surface area contributed by atoms with Gasteiger partial charge in [0, 0.05) is 24.7 Å². The number of unbranched alkanes of at least 4 members (excludes halogenated alkanes) is 2. The molecule has 1 aromatic carbocycles. The minimum atomic E-state index is -0.0128. The van der Waals surface area contributed by atoms with Gasteiger partial charge >= 0.3 is 0 Å². The van der Waals surface area contributed by atoms with E-state index in [0.717, 1.165) is 31.4 Å². The highest BCUT2D eigenvalue weighted by molar-refractivity contribution is 8.24. The Kier molecular flexibility index (Phi) is 7.71. The quantitative estimate of drug-likeness (QED) is 0.521. The predicted molar refractivity (Wildman–Crippen MR) is 106 cm³/mol. The Bertz CT molecular complexity index is 637. The van der Waals surface area contributed by atoms with E-state index in [1.165, 1.54) is 11.8 Å². The summed E-state index contributed by atoms with van der Waals surface area (Å²) < 4.78 is 5.82. The number of methoxy groups -OCH3 is 1. The van der Waals surface area contributed by atoms with E-state index < -0.39 is 0 Å². The number of ether oxygens (including phenoxy) is 1. The van der Waals surface area contributed by atoms with Crippen LogP contribution < -0.4 is 10.1 Å². The van der Waals surface area contributed by atoms with E-state index in [1.54, 1.807) is 18.1 Å². The second-order valence-electron chi connectivity index (χ2n) is 5.86. The molecule has 7 heteroatoms. The molecule has 0 saturated carbocycles. The van der Waals surface area contributed by atoms with Crippen LogP contribution in [0.3, 0.4) is 0 Å². The lowest BCUT2D eigenvalue weighted by Gasteiger charge is -2.15. The zero-order valence-electron chi connectivity index (χ0n) is 14.6. The maximum atomic E-state index is 12.1. The van der Waals surface area contributed by atoms with Crippen LogP contribution in [0.15, 0.2) is 24.3 Å². The van der Waals surface area contributed by atoms with Crippen molar-refractivity contribution in [2.75, 3.05) is 19.0 Å². The molecule has 0 aromatic heterocycles. The van der Waals surface area contributed by atoms with Gasteiger partial charge in [0.25, 0.3) is 0 Å². The molecule has 1 unspecified atom stereocenters. The van der Waals surface area contributed by atoms with Gasteiger partial charge in [0.15, 0.2) is 0 Å². The van der Waals surface area contributed by atoms with E-state index in [1.807, 2.05) is 25.1 Å². The monoisotopic (exact) mass is 380 g/mol. The second-order valence-corrected chi connectivity index (χ2v) is 7.70. The smallest absolute Gasteiger partial charge is 0.241 e. The summed E-state index contributed by atoms with van der Waals surface area (Å²) in [5.74, 6) is 0.836. The number of amides is 2. The number of carbonyl (C=O) groups is 2. The molecule has 1 saturated heterocycles. The van der Waals surface area contributed by atoms with Crippen LogP contribution >= 0.6 is 24.0 Å².